The van der Waals surface area contributed by atoms with Gasteiger partial charge in [-0.15, -0.1) is 5.10 Å². The molecule has 154 valence electrons. The maximum atomic E-state index is 13.9. The maximum Gasteiger partial charge on any atom is 0.274 e. The first-order chi connectivity index (χ1) is 14.4. The van der Waals surface area contributed by atoms with Crippen LogP contribution in [0.1, 0.15) is 35.3 Å². The van der Waals surface area contributed by atoms with Gasteiger partial charge in [-0.3, -0.25) is 4.79 Å². The number of hydrogen-bond donors (Lipinski definition) is 3. The van der Waals surface area contributed by atoms with E-state index in [1.165, 1.54) is 10.7 Å². The lowest BCUT2D eigenvalue weighted by Crippen LogP contribution is -2.55. The number of halogens is 2. The van der Waals surface area contributed by atoms with Gasteiger partial charge in [-0.1, -0.05) is 12.1 Å². The summed E-state index contributed by atoms with van der Waals surface area (Å²) in [6.07, 6.45) is 2.07. The van der Waals surface area contributed by atoms with Crippen LogP contribution in [0.3, 0.4) is 0 Å². The van der Waals surface area contributed by atoms with E-state index in [1.807, 2.05) is 6.07 Å². The molecule has 1 saturated carbocycles. The largest absolute Gasteiger partial charge is 0.348 e. The molecule has 4 N–H and O–H groups in total. The normalized spacial score (nSPS) is 20.5. The second kappa shape index (κ2) is 7.68. The molecule has 2 aromatic heterocycles. The van der Waals surface area contributed by atoms with Crippen LogP contribution in [0.2, 0.25) is 0 Å². The highest BCUT2D eigenvalue weighted by Crippen LogP contribution is 2.33. The molecule has 2 heterocycles. The minimum Gasteiger partial charge on any atom is -0.348 e. The van der Waals surface area contributed by atoms with Crippen LogP contribution in [0.5, 0.6) is 0 Å². The number of nitrogens with one attached hydrogen (secondary N) is 2. The van der Waals surface area contributed by atoms with Crippen molar-refractivity contribution in [2.75, 3.05) is 10.6 Å². The van der Waals surface area contributed by atoms with Crippen LogP contribution < -0.4 is 16.4 Å². The van der Waals surface area contributed by atoms with Gasteiger partial charge in [-0.05, 0) is 37.1 Å². The lowest BCUT2D eigenvalue weighted by Gasteiger charge is -2.35. The number of carbonyl (C=O) groups is 1. The van der Waals surface area contributed by atoms with Gasteiger partial charge in [0.1, 0.15) is 11.8 Å². The van der Waals surface area contributed by atoms with Crippen molar-refractivity contribution in [2.45, 2.75) is 37.3 Å². The molecule has 0 saturated heterocycles. The zero-order valence-electron chi connectivity index (χ0n) is 15.8. The Balaban J connectivity index is 1.59. The molecule has 10 heteroatoms. The Morgan fingerprint density at radius 2 is 2.10 bits per heavy atom. The molecule has 0 bridgehead atoms. The number of alkyl halides is 2. The molecule has 4 rings (SSSR count). The number of nitrogens with zero attached hydrogens (tertiary/aromatic N) is 4. The highest BCUT2D eigenvalue weighted by molar-refractivity contribution is 6.04. The lowest BCUT2D eigenvalue weighted by atomic mass is 9.87. The fraction of sp³-hybridized carbons (Fsp3) is 0.300. The van der Waals surface area contributed by atoms with Gasteiger partial charge in [0.05, 0.1) is 35.0 Å². The van der Waals surface area contributed by atoms with Crippen LogP contribution in [0.15, 0.2) is 42.6 Å². The van der Waals surface area contributed by atoms with Gasteiger partial charge >= 0.3 is 0 Å². The Hall–Kier alpha value is -3.58. The van der Waals surface area contributed by atoms with Crippen molar-refractivity contribution in [1.82, 2.24) is 14.6 Å². The number of rotatable bonds is 4. The number of amides is 1. The monoisotopic (exact) mass is 411 g/mol. The molecule has 1 aliphatic rings. The zero-order valence-corrected chi connectivity index (χ0v) is 15.8. The first kappa shape index (κ1) is 19.7. The van der Waals surface area contributed by atoms with Gasteiger partial charge in [0.2, 0.25) is 5.95 Å². The van der Waals surface area contributed by atoms with Crippen molar-refractivity contribution in [3.8, 4) is 6.07 Å². The highest BCUT2D eigenvalue weighted by atomic mass is 19.3. The van der Waals surface area contributed by atoms with Gasteiger partial charge in [0.25, 0.3) is 11.8 Å². The van der Waals surface area contributed by atoms with Crippen LogP contribution >= 0.6 is 0 Å². The average molecular weight is 411 g/mol. The molecule has 0 spiro atoms. The number of para-hydroxylation sites is 1. The van der Waals surface area contributed by atoms with Crippen molar-refractivity contribution in [2.24, 2.45) is 5.73 Å². The molecule has 1 aromatic carbocycles. The molecular formula is C20H19F2N7O. The summed E-state index contributed by atoms with van der Waals surface area (Å²) in [4.78, 5) is 16.9. The number of nitriles is 1. The fourth-order valence-corrected chi connectivity index (χ4v) is 3.54. The van der Waals surface area contributed by atoms with Gasteiger partial charge in [0.15, 0.2) is 0 Å². The zero-order chi connectivity index (χ0) is 21.3. The predicted octanol–water partition coefficient (Wildman–Crippen LogP) is 2.78. The summed E-state index contributed by atoms with van der Waals surface area (Å²) in [5.74, 6) is -3.32. The van der Waals surface area contributed by atoms with Gasteiger partial charge in [0, 0.05) is 6.42 Å². The van der Waals surface area contributed by atoms with Crippen LogP contribution in [-0.4, -0.2) is 38.5 Å². The summed E-state index contributed by atoms with van der Waals surface area (Å²) < 4.78 is 29.2. The fourth-order valence-electron chi connectivity index (χ4n) is 3.54. The first-order valence-corrected chi connectivity index (χ1v) is 9.44. The van der Waals surface area contributed by atoms with E-state index in [1.54, 1.807) is 36.4 Å². The van der Waals surface area contributed by atoms with Crippen LogP contribution in [0.4, 0.5) is 20.4 Å². The molecular weight excluding hydrogens is 392 g/mol. The number of aromatic nitrogens is 3. The molecule has 8 nitrogen and oxygen atoms in total. The average Bonchev–Trinajstić information content (AvgIpc) is 3.15. The van der Waals surface area contributed by atoms with E-state index >= 15 is 0 Å². The van der Waals surface area contributed by atoms with Crippen molar-refractivity contribution in [3.63, 3.8) is 0 Å². The number of hydrogen-bond acceptors (Lipinski definition) is 6. The lowest BCUT2D eigenvalue weighted by molar-refractivity contribution is -0.0555. The molecule has 1 amide bonds. The summed E-state index contributed by atoms with van der Waals surface area (Å²) in [7, 11) is 0. The summed E-state index contributed by atoms with van der Waals surface area (Å²) in [5, 5.41) is 19.0. The molecule has 0 unspecified atom stereocenters. The molecule has 30 heavy (non-hydrogen) atoms. The Morgan fingerprint density at radius 1 is 1.30 bits per heavy atom. The molecule has 2 atom stereocenters. The molecule has 1 aliphatic carbocycles. The standard InChI is InChI=1S/C20H19F2N7O/c21-20(22)9-3-6-15(17(20)24)27-19-25-11-13-7-8-16(29(13)28-19)18(30)26-14-5-2-1-4-12(14)10-23/h1-2,4-5,7-8,11,15,17H,3,6,9,24H2,(H,26,30)(H,27,28)/t15-,17-/m1/s1. The van der Waals surface area contributed by atoms with Crippen molar-refractivity contribution in [3.05, 3.63) is 53.9 Å². The van der Waals surface area contributed by atoms with Crippen LogP contribution in [0.25, 0.3) is 5.52 Å². The van der Waals surface area contributed by atoms with E-state index < -0.39 is 23.9 Å². The van der Waals surface area contributed by atoms with E-state index in [9.17, 15) is 18.8 Å². The SMILES string of the molecule is N#Cc1ccccc1NC(=O)c1ccc2cnc(N[C@@H]3CCCC(F)(F)[C@@H]3N)nn12. The number of carbonyl (C=O) groups excluding carboxylic acids is 1. The summed E-state index contributed by atoms with van der Waals surface area (Å²) in [6, 6.07) is 9.85. The number of benzene rings is 1. The number of fused-ring (bicyclic) bond motifs is 1. The maximum absolute atomic E-state index is 13.9. The predicted molar refractivity (Wildman–Crippen MR) is 106 cm³/mol. The van der Waals surface area contributed by atoms with E-state index in [0.717, 1.165) is 0 Å². The van der Waals surface area contributed by atoms with E-state index in [4.69, 9.17) is 5.73 Å². The van der Waals surface area contributed by atoms with Gasteiger partial charge in [-0.2, -0.15) is 5.26 Å². The quantitative estimate of drug-likeness (QED) is 0.607. The van der Waals surface area contributed by atoms with Crippen molar-refractivity contribution in [1.29, 1.82) is 5.26 Å². The second-order valence-electron chi connectivity index (χ2n) is 7.18. The third-order valence-corrected chi connectivity index (χ3v) is 5.19. The summed E-state index contributed by atoms with van der Waals surface area (Å²) in [5.41, 5.74) is 7.19. The Bertz CT molecular complexity index is 1140. The van der Waals surface area contributed by atoms with Crippen molar-refractivity contribution >= 4 is 23.1 Å². The van der Waals surface area contributed by atoms with E-state index in [2.05, 4.69) is 20.7 Å². The third kappa shape index (κ3) is 3.67. The smallest absolute Gasteiger partial charge is 0.274 e. The third-order valence-electron chi connectivity index (χ3n) is 5.19. The minimum absolute atomic E-state index is 0.100. The van der Waals surface area contributed by atoms with Crippen LogP contribution in [0, 0.1) is 11.3 Å². The number of anilines is 2. The Morgan fingerprint density at radius 3 is 2.90 bits per heavy atom. The highest BCUT2D eigenvalue weighted by Gasteiger charge is 2.44. The van der Waals surface area contributed by atoms with E-state index in [-0.39, 0.29) is 18.1 Å². The molecule has 3 aromatic rings. The van der Waals surface area contributed by atoms with Gasteiger partial charge in [-0.25, -0.2) is 18.3 Å². The minimum atomic E-state index is -2.95. The summed E-state index contributed by atoms with van der Waals surface area (Å²) in [6.45, 7) is 0. The topological polar surface area (TPSA) is 121 Å². The second-order valence-corrected chi connectivity index (χ2v) is 7.18. The van der Waals surface area contributed by atoms with Crippen LogP contribution in [-0.2, 0) is 0 Å². The van der Waals surface area contributed by atoms with Gasteiger partial charge < -0.3 is 16.4 Å². The van der Waals surface area contributed by atoms with Crippen molar-refractivity contribution < 1.29 is 13.6 Å². The molecule has 0 aliphatic heterocycles. The molecule has 1 fully saturated rings. The Labute approximate surface area is 170 Å². The molecule has 0 radical (unpaired) electrons. The summed E-state index contributed by atoms with van der Waals surface area (Å²) >= 11 is 0. The van der Waals surface area contributed by atoms with E-state index in [0.29, 0.717) is 29.6 Å². The number of nitrogens with two attached hydrogens (primary N) is 1. The Kier molecular flexibility index (Phi) is 5.05. The first-order valence-electron chi connectivity index (χ1n) is 9.44.